The molecule has 0 aromatic heterocycles. The Morgan fingerprint density at radius 3 is 2.19 bits per heavy atom. The minimum absolute atomic E-state index is 0. The zero-order valence-electron chi connectivity index (χ0n) is 23.2. The molecule has 0 saturated carbocycles. The van der Waals surface area contributed by atoms with E-state index in [1.165, 1.54) is 24.1 Å². The van der Waals surface area contributed by atoms with E-state index in [9.17, 15) is 18.3 Å². The van der Waals surface area contributed by atoms with E-state index in [0.717, 1.165) is 5.39 Å². The van der Waals surface area contributed by atoms with Crippen LogP contribution in [0.25, 0.3) is 32.7 Å². The van der Waals surface area contributed by atoms with Crippen molar-refractivity contribution in [2.24, 2.45) is 0 Å². The molecule has 220 valence electrons. The van der Waals surface area contributed by atoms with Crippen molar-refractivity contribution in [2.45, 2.75) is 4.90 Å². The van der Waals surface area contributed by atoms with Crippen LogP contribution in [-0.4, -0.2) is 45.2 Å². The maximum absolute atomic E-state index is 13.4. The van der Waals surface area contributed by atoms with E-state index < -0.39 is 16.1 Å². The van der Waals surface area contributed by atoms with Crippen LogP contribution < -0.4 is 14.2 Å². The number of nitrogens with zero attached hydrogens (tertiary/aromatic N) is 1. The zero-order chi connectivity index (χ0) is 28.4. The molecule has 1 amide bonds. The normalized spacial score (nSPS) is 10.8. The summed E-state index contributed by atoms with van der Waals surface area (Å²) in [6.07, 6.45) is -0.618. The van der Waals surface area contributed by atoms with Gasteiger partial charge in [-0.2, -0.15) is 0 Å². The summed E-state index contributed by atoms with van der Waals surface area (Å²) < 4.78 is 40.4. The number of aromatic hydroxyl groups is 1. The van der Waals surface area contributed by atoms with E-state index in [4.69, 9.17) is 9.47 Å². The first-order valence-corrected chi connectivity index (χ1v) is 13.9. The molecule has 5 aromatic carbocycles. The largest absolute Gasteiger partial charge is 2.00 e. The van der Waals surface area contributed by atoms with Crippen molar-refractivity contribution in [1.82, 2.24) is 4.90 Å². The van der Waals surface area contributed by atoms with Gasteiger partial charge in [-0.25, -0.2) is 13.2 Å². The number of amides is 1. The maximum atomic E-state index is 13.4. The van der Waals surface area contributed by atoms with Gasteiger partial charge in [0, 0.05) is 28.9 Å². The number of methoxy groups -OCH3 is 1. The van der Waals surface area contributed by atoms with E-state index in [1.807, 2.05) is 30.3 Å². The molecule has 0 saturated heterocycles. The summed E-state index contributed by atoms with van der Waals surface area (Å²) in [7, 11) is -0.947. The Morgan fingerprint density at radius 1 is 0.929 bits per heavy atom. The minimum atomic E-state index is -4.01. The van der Waals surface area contributed by atoms with Crippen LogP contribution in [0, 0.1) is 14.4 Å². The molecular formula is C32H30N2NiO6S. The number of phenolic OH excluding ortho intramolecular Hbond substituents is 1. The summed E-state index contributed by atoms with van der Waals surface area (Å²) in [6, 6.07) is 25.5. The number of hydrogen-bond donors (Lipinski definition) is 2. The predicted octanol–water partition coefficient (Wildman–Crippen LogP) is 6.89. The number of benzene rings is 5. The number of rotatable bonds is 7. The molecule has 0 aliphatic carbocycles. The fourth-order valence-corrected chi connectivity index (χ4v) is 5.54. The van der Waals surface area contributed by atoms with Crippen LogP contribution in [0.2, 0.25) is 0 Å². The molecule has 10 heteroatoms. The first-order chi connectivity index (χ1) is 19.2. The molecule has 0 fully saturated rings. The van der Waals surface area contributed by atoms with E-state index in [0.29, 0.717) is 33.0 Å². The number of carbonyl (C=O) groups excluding carboxylic acids is 1. The molecule has 0 bridgehead atoms. The van der Waals surface area contributed by atoms with E-state index in [-0.39, 0.29) is 52.5 Å². The van der Waals surface area contributed by atoms with Gasteiger partial charge in [0.25, 0.3) is 10.0 Å². The molecule has 0 aliphatic rings. The molecule has 0 radical (unpaired) electrons. The third-order valence-corrected chi connectivity index (χ3v) is 8.02. The third kappa shape index (κ3) is 6.15. The smallest absolute Gasteiger partial charge is 0.507 e. The second-order valence-electron chi connectivity index (χ2n) is 9.10. The number of carbonyl (C=O) groups is 1. The molecule has 2 N–H and O–H groups in total. The van der Waals surface area contributed by atoms with E-state index in [1.54, 1.807) is 55.6 Å². The Hall–Kier alpha value is -4.27. The number of anilines is 1. The molecular weight excluding hydrogens is 599 g/mol. The fraction of sp³-hybridized carbons (Fsp3) is 0.0938. The van der Waals surface area contributed by atoms with Gasteiger partial charge in [0.2, 0.25) is 0 Å². The maximum Gasteiger partial charge on any atom is 2.00 e. The van der Waals surface area contributed by atoms with Gasteiger partial charge < -0.3 is 33.8 Å². The summed E-state index contributed by atoms with van der Waals surface area (Å²) in [5.74, 6) is 0.652. The summed E-state index contributed by atoms with van der Waals surface area (Å²) in [6.45, 7) is 3.92. The number of nitrogens with one attached hydrogen (secondary N) is 1. The summed E-state index contributed by atoms with van der Waals surface area (Å²) in [4.78, 5) is 14.1. The average Bonchev–Trinajstić information content (AvgIpc) is 2.98. The van der Waals surface area contributed by atoms with Crippen molar-refractivity contribution in [1.29, 1.82) is 0 Å². The van der Waals surface area contributed by atoms with Gasteiger partial charge in [-0.15, -0.1) is 6.54 Å². The van der Waals surface area contributed by atoms with Gasteiger partial charge in [-0.05, 0) is 47.2 Å². The standard InChI is InChI=1S/C31H27N2O6S.CH3.Ni/c1-4-33(2)31(35)39-28-18-13-20-9-5-6-10-23(20)29(28)26-19-27(24-11-7-8-12-25(24)30(26)34)32-40(36,37)22-16-14-21(38-3)15-17-22;;/h5-19,32,34H,1,4H2,2-3H3;1H3;/q2*-1;+2. The van der Waals surface area contributed by atoms with Crippen molar-refractivity contribution < 1.29 is 44.3 Å². The van der Waals surface area contributed by atoms with Crippen molar-refractivity contribution in [2.75, 3.05) is 25.4 Å². The molecule has 8 nitrogen and oxygen atoms in total. The fourth-order valence-electron chi connectivity index (χ4n) is 4.47. The summed E-state index contributed by atoms with van der Waals surface area (Å²) in [5, 5.41) is 14.0. The van der Waals surface area contributed by atoms with Crippen LogP contribution in [0.1, 0.15) is 0 Å². The van der Waals surface area contributed by atoms with Crippen LogP contribution in [0.3, 0.4) is 0 Å². The SMILES string of the molecule is [CH2-]CN(C)C(=O)Oc1ccc2ccccc2c1-c1cc(NS(=O)(=O)c2ccc(OC)cc2)c2ccccc2c1O.[CH3-].[Ni+2]. The van der Waals surface area contributed by atoms with Gasteiger partial charge in [-0.3, -0.25) is 4.72 Å². The predicted molar refractivity (Wildman–Crippen MR) is 163 cm³/mol. The van der Waals surface area contributed by atoms with Gasteiger partial charge in [0.1, 0.15) is 17.2 Å². The third-order valence-electron chi connectivity index (χ3n) is 6.63. The molecule has 5 aromatic rings. The van der Waals surface area contributed by atoms with Crippen LogP contribution in [0.15, 0.2) is 95.9 Å². The molecule has 0 aliphatic heterocycles. The van der Waals surface area contributed by atoms with Crippen molar-refractivity contribution in [3.8, 4) is 28.4 Å². The van der Waals surface area contributed by atoms with Crippen LogP contribution in [0.5, 0.6) is 17.2 Å². The number of ether oxygens (including phenoxy) is 2. The Kier molecular flexibility index (Phi) is 10.1. The Labute approximate surface area is 255 Å². The van der Waals surface area contributed by atoms with E-state index >= 15 is 0 Å². The molecule has 0 unspecified atom stereocenters. The van der Waals surface area contributed by atoms with Crippen LogP contribution >= 0.6 is 0 Å². The Bertz CT molecular complexity index is 1840. The van der Waals surface area contributed by atoms with Crippen LogP contribution in [0.4, 0.5) is 10.5 Å². The monoisotopic (exact) mass is 628 g/mol. The summed E-state index contributed by atoms with van der Waals surface area (Å²) >= 11 is 0. The van der Waals surface area contributed by atoms with Crippen molar-refractivity contribution in [3.05, 3.63) is 105 Å². The number of fused-ring (bicyclic) bond motifs is 2. The number of sulfonamides is 1. The van der Waals surface area contributed by atoms with Gasteiger partial charge in [0.05, 0.1) is 17.7 Å². The number of phenols is 1. The molecule has 0 spiro atoms. The van der Waals surface area contributed by atoms with Crippen LogP contribution in [-0.2, 0) is 26.5 Å². The zero-order valence-corrected chi connectivity index (χ0v) is 25.0. The van der Waals surface area contributed by atoms with Crippen molar-refractivity contribution >= 4 is 43.3 Å². The molecule has 0 atom stereocenters. The van der Waals surface area contributed by atoms with Crippen molar-refractivity contribution in [3.63, 3.8) is 0 Å². The van der Waals surface area contributed by atoms with Gasteiger partial charge in [0.15, 0.2) is 0 Å². The average molecular weight is 629 g/mol. The number of hydrogen-bond acceptors (Lipinski definition) is 6. The summed E-state index contributed by atoms with van der Waals surface area (Å²) in [5.41, 5.74) is 0.986. The first kappa shape index (κ1) is 32.3. The minimum Gasteiger partial charge on any atom is -0.507 e. The molecule has 42 heavy (non-hydrogen) atoms. The van der Waals surface area contributed by atoms with Gasteiger partial charge >= 0.3 is 22.6 Å². The Morgan fingerprint density at radius 2 is 1.55 bits per heavy atom. The topological polar surface area (TPSA) is 105 Å². The quantitative estimate of drug-likeness (QED) is 0.116. The Balaban J connectivity index is 0.00000242. The van der Waals surface area contributed by atoms with Gasteiger partial charge in [-0.1, -0.05) is 54.6 Å². The van der Waals surface area contributed by atoms with E-state index in [2.05, 4.69) is 11.6 Å². The molecule has 0 heterocycles. The second-order valence-corrected chi connectivity index (χ2v) is 10.8. The molecule has 5 rings (SSSR count). The first-order valence-electron chi connectivity index (χ1n) is 12.4. The second kappa shape index (κ2) is 13.1.